The molecule has 9 heteroatoms. The lowest BCUT2D eigenvalue weighted by molar-refractivity contribution is -0.115. The summed E-state index contributed by atoms with van der Waals surface area (Å²) in [6.45, 7) is 7.75. The summed E-state index contributed by atoms with van der Waals surface area (Å²) >= 11 is 1.36. The molecule has 1 atom stereocenters. The van der Waals surface area contributed by atoms with E-state index in [9.17, 15) is 4.79 Å². The minimum absolute atomic E-state index is 0.110. The summed E-state index contributed by atoms with van der Waals surface area (Å²) in [5.74, 6) is 2.07. The molecule has 0 aromatic carbocycles. The van der Waals surface area contributed by atoms with E-state index in [1.807, 2.05) is 45.4 Å². The number of furan rings is 1. The van der Waals surface area contributed by atoms with Crippen LogP contribution in [0.25, 0.3) is 11.4 Å². The molecule has 0 spiro atoms. The van der Waals surface area contributed by atoms with Crippen LogP contribution in [-0.4, -0.2) is 35.7 Å². The third-order valence-electron chi connectivity index (χ3n) is 4.00. The Bertz CT molecular complexity index is 910. The van der Waals surface area contributed by atoms with Crippen molar-refractivity contribution in [3.8, 4) is 11.4 Å². The zero-order valence-electron chi connectivity index (χ0n) is 15.4. The Morgan fingerprint density at radius 3 is 2.69 bits per heavy atom. The van der Waals surface area contributed by atoms with Gasteiger partial charge in [0.05, 0.1) is 23.3 Å². The monoisotopic (exact) mass is 374 g/mol. The van der Waals surface area contributed by atoms with E-state index in [1.165, 1.54) is 11.8 Å². The topological polar surface area (TPSA) is 90.8 Å². The molecule has 0 radical (unpaired) electrons. The van der Waals surface area contributed by atoms with Crippen LogP contribution >= 0.6 is 11.8 Å². The van der Waals surface area contributed by atoms with Crippen molar-refractivity contribution in [2.45, 2.75) is 44.1 Å². The molecule has 0 unspecified atom stereocenters. The summed E-state index contributed by atoms with van der Waals surface area (Å²) in [5.41, 5.74) is 0.893. The Kier molecular flexibility index (Phi) is 5.17. The fourth-order valence-electron chi connectivity index (χ4n) is 2.53. The van der Waals surface area contributed by atoms with Crippen LogP contribution in [0.2, 0.25) is 0 Å². The van der Waals surface area contributed by atoms with Crippen LogP contribution < -0.4 is 5.32 Å². The lowest BCUT2D eigenvalue weighted by atomic mass is 10.2. The molecule has 0 saturated carbocycles. The van der Waals surface area contributed by atoms with Gasteiger partial charge in [0, 0.05) is 19.2 Å². The summed E-state index contributed by atoms with van der Waals surface area (Å²) in [7, 11) is 1.88. The molecule has 3 rings (SSSR count). The van der Waals surface area contributed by atoms with E-state index in [0.717, 1.165) is 11.3 Å². The number of anilines is 1. The van der Waals surface area contributed by atoms with Crippen LogP contribution in [0.5, 0.6) is 0 Å². The fourth-order valence-corrected chi connectivity index (χ4v) is 3.35. The second-order valence-electron chi connectivity index (χ2n) is 6.26. The second kappa shape index (κ2) is 7.36. The van der Waals surface area contributed by atoms with Gasteiger partial charge in [-0.3, -0.25) is 4.79 Å². The Balaban J connectivity index is 1.71. The summed E-state index contributed by atoms with van der Waals surface area (Å²) in [6.07, 6.45) is 3.30. The molecule has 8 nitrogen and oxygen atoms in total. The van der Waals surface area contributed by atoms with Crippen molar-refractivity contribution in [1.82, 2.24) is 24.5 Å². The van der Waals surface area contributed by atoms with Crippen LogP contribution in [0, 0.1) is 6.92 Å². The highest BCUT2D eigenvalue weighted by Crippen LogP contribution is 2.28. The largest absolute Gasteiger partial charge is 0.469 e. The van der Waals surface area contributed by atoms with Crippen molar-refractivity contribution < 1.29 is 9.21 Å². The van der Waals surface area contributed by atoms with Gasteiger partial charge in [0.15, 0.2) is 11.0 Å². The summed E-state index contributed by atoms with van der Waals surface area (Å²) in [4.78, 5) is 12.5. The molecule has 3 aromatic rings. The van der Waals surface area contributed by atoms with Crippen LogP contribution in [0.1, 0.15) is 32.6 Å². The molecular weight excluding hydrogens is 352 g/mol. The van der Waals surface area contributed by atoms with E-state index in [4.69, 9.17) is 4.42 Å². The van der Waals surface area contributed by atoms with E-state index >= 15 is 0 Å². The zero-order chi connectivity index (χ0) is 18.8. The first-order chi connectivity index (χ1) is 12.4. The predicted molar refractivity (Wildman–Crippen MR) is 100 cm³/mol. The molecule has 1 N–H and O–H groups in total. The number of aryl methyl sites for hydroxylation is 1. The molecule has 0 aliphatic heterocycles. The van der Waals surface area contributed by atoms with Crippen molar-refractivity contribution >= 4 is 23.5 Å². The van der Waals surface area contributed by atoms with Crippen LogP contribution in [0.15, 0.2) is 34.2 Å². The maximum absolute atomic E-state index is 12.5. The standard InChI is InChI=1S/C17H22N6O2S/c1-10(2)23-14(6-8-18-23)19-16(24)12(4)26-17-21-20-15(22(17)5)13-7-9-25-11(13)3/h6-10,12H,1-5H3,(H,19,24)/t12-/m0/s1. The van der Waals surface area contributed by atoms with Gasteiger partial charge in [-0.2, -0.15) is 5.10 Å². The van der Waals surface area contributed by atoms with E-state index in [1.54, 1.807) is 23.2 Å². The first kappa shape index (κ1) is 18.2. The van der Waals surface area contributed by atoms with Gasteiger partial charge >= 0.3 is 0 Å². The third-order valence-corrected chi connectivity index (χ3v) is 5.13. The Morgan fingerprint density at radius 1 is 1.27 bits per heavy atom. The number of amides is 1. The third kappa shape index (κ3) is 3.52. The van der Waals surface area contributed by atoms with Crippen LogP contribution in [0.4, 0.5) is 5.82 Å². The Hall–Kier alpha value is -2.55. The summed E-state index contributed by atoms with van der Waals surface area (Å²) < 4.78 is 8.97. The molecule has 0 bridgehead atoms. The minimum atomic E-state index is -0.341. The number of hydrogen-bond donors (Lipinski definition) is 1. The summed E-state index contributed by atoms with van der Waals surface area (Å²) in [6, 6.07) is 3.82. The van der Waals surface area contributed by atoms with E-state index in [0.29, 0.717) is 16.8 Å². The van der Waals surface area contributed by atoms with E-state index in [2.05, 4.69) is 20.6 Å². The van der Waals surface area contributed by atoms with E-state index in [-0.39, 0.29) is 17.2 Å². The highest BCUT2D eigenvalue weighted by Gasteiger charge is 2.21. The van der Waals surface area contributed by atoms with Gasteiger partial charge < -0.3 is 14.3 Å². The van der Waals surface area contributed by atoms with Crippen molar-refractivity contribution in [2.75, 3.05) is 5.32 Å². The van der Waals surface area contributed by atoms with Crippen molar-refractivity contribution in [3.63, 3.8) is 0 Å². The SMILES string of the molecule is Cc1occc1-c1nnc(S[C@@H](C)C(=O)Nc2ccnn2C(C)C)n1C. The lowest BCUT2D eigenvalue weighted by Crippen LogP contribution is -2.25. The molecular formula is C17H22N6O2S. The fraction of sp³-hybridized carbons (Fsp3) is 0.412. The number of hydrogen-bond acceptors (Lipinski definition) is 6. The Morgan fingerprint density at radius 2 is 2.04 bits per heavy atom. The highest BCUT2D eigenvalue weighted by molar-refractivity contribution is 8.00. The van der Waals surface area contributed by atoms with Crippen molar-refractivity contribution in [1.29, 1.82) is 0 Å². The molecule has 0 fully saturated rings. The van der Waals surface area contributed by atoms with Gasteiger partial charge in [0.2, 0.25) is 5.91 Å². The van der Waals surface area contributed by atoms with Gasteiger partial charge in [-0.1, -0.05) is 11.8 Å². The molecule has 26 heavy (non-hydrogen) atoms. The number of carbonyl (C=O) groups is 1. The first-order valence-electron chi connectivity index (χ1n) is 8.33. The van der Waals surface area contributed by atoms with E-state index < -0.39 is 0 Å². The highest BCUT2D eigenvalue weighted by atomic mass is 32.2. The number of thioether (sulfide) groups is 1. The maximum atomic E-state index is 12.5. The normalized spacial score (nSPS) is 12.5. The maximum Gasteiger partial charge on any atom is 0.238 e. The Labute approximate surface area is 156 Å². The van der Waals surface area contributed by atoms with Crippen molar-refractivity contribution in [2.24, 2.45) is 7.05 Å². The average Bonchev–Trinajstić information content (AvgIpc) is 3.29. The quantitative estimate of drug-likeness (QED) is 0.666. The van der Waals surface area contributed by atoms with Crippen LogP contribution in [-0.2, 0) is 11.8 Å². The van der Waals surface area contributed by atoms with Gasteiger partial charge in [0.1, 0.15) is 11.6 Å². The van der Waals surface area contributed by atoms with Gasteiger partial charge in [0.25, 0.3) is 0 Å². The molecule has 1 amide bonds. The minimum Gasteiger partial charge on any atom is -0.469 e. The number of nitrogens with one attached hydrogen (secondary N) is 1. The van der Waals surface area contributed by atoms with Crippen molar-refractivity contribution in [3.05, 3.63) is 30.4 Å². The summed E-state index contributed by atoms with van der Waals surface area (Å²) in [5, 5.41) is 15.9. The number of rotatable bonds is 6. The molecule has 0 aliphatic carbocycles. The van der Waals surface area contributed by atoms with Gasteiger partial charge in [-0.25, -0.2) is 4.68 Å². The number of carbonyl (C=O) groups excluding carboxylic acids is 1. The molecule has 138 valence electrons. The molecule has 3 aromatic heterocycles. The number of aromatic nitrogens is 5. The molecule has 0 aliphatic rings. The zero-order valence-corrected chi connectivity index (χ0v) is 16.2. The molecule has 3 heterocycles. The smallest absolute Gasteiger partial charge is 0.238 e. The second-order valence-corrected chi connectivity index (χ2v) is 7.57. The van der Waals surface area contributed by atoms with Gasteiger partial charge in [-0.15, -0.1) is 10.2 Å². The first-order valence-corrected chi connectivity index (χ1v) is 9.21. The lowest BCUT2D eigenvalue weighted by Gasteiger charge is -2.14. The van der Waals surface area contributed by atoms with Gasteiger partial charge in [-0.05, 0) is 33.8 Å². The average molecular weight is 374 g/mol. The predicted octanol–water partition coefficient (Wildman–Crippen LogP) is 3.28. The number of nitrogens with zero attached hydrogens (tertiary/aromatic N) is 5. The van der Waals surface area contributed by atoms with Crippen LogP contribution in [0.3, 0.4) is 0 Å². The molecule has 0 saturated heterocycles.